The summed E-state index contributed by atoms with van der Waals surface area (Å²) in [6.07, 6.45) is 11.1. The van der Waals surface area contributed by atoms with Crippen LogP contribution in [-0.2, 0) is 21.5 Å². The summed E-state index contributed by atoms with van der Waals surface area (Å²) in [6.45, 7) is 5.59. The normalized spacial score (nSPS) is 14.2. The van der Waals surface area contributed by atoms with Crippen molar-refractivity contribution in [3.63, 3.8) is 0 Å². The highest BCUT2D eigenvalue weighted by Crippen LogP contribution is 2.45. The van der Waals surface area contributed by atoms with Gasteiger partial charge in [0.15, 0.2) is 11.6 Å². The van der Waals surface area contributed by atoms with Gasteiger partial charge in [0.1, 0.15) is 6.04 Å². The molecular weight excluding hydrogens is 493 g/mol. The van der Waals surface area contributed by atoms with E-state index in [9.17, 15) is 14.0 Å². The molecule has 0 heterocycles. The first kappa shape index (κ1) is 30.2. The summed E-state index contributed by atoms with van der Waals surface area (Å²) in [6, 6.07) is 12.9. The molecule has 7 heteroatoms. The average molecular weight is 536 g/mol. The van der Waals surface area contributed by atoms with Crippen LogP contribution in [0.3, 0.4) is 0 Å². The second-order valence-electron chi connectivity index (χ2n) is 10.4. The zero-order valence-corrected chi connectivity index (χ0v) is 23.5. The van der Waals surface area contributed by atoms with E-state index in [1.165, 1.54) is 22.1 Å². The predicted molar refractivity (Wildman–Crippen MR) is 153 cm³/mol. The molecule has 1 fully saturated rings. The number of likely N-dealkylation sites (N-methyl/N-ethyl adjacent to an activating group) is 1. The molecule has 2 aromatic carbocycles. The topological polar surface area (TPSA) is 70.7 Å². The van der Waals surface area contributed by atoms with Crippen LogP contribution in [0, 0.1) is 25.1 Å². The molecule has 0 aliphatic heterocycles. The second-order valence-corrected chi connectivity index (χ2v) is 10.4. The van der Waals surface area contributed by atoms with Gasteiger partial charge in [0.2, 0.25) is 11.8 Å². The third-order valence-corrected chi connectivity index (χ3v) is 7.36. The highest BCUT2D eigenvalue weighted by Gasteiger charge is 2.43. The van der Waals surface area contributed by atoms with E-state index < -0.39 is 11.9 Å². The molecule has 2 aromatic rings. The SMILES string of the molecule is C#CCC(C(=O)NCCCNC1(c2cccc(CC)c2)CC1)N(C)C(=O)CCCCOc1ccc(C)cc1F. The molecule has 6 nitrogen and oxygen atoms in total. The number of carbonyl (C=O) groups is 2. The third-order valence-electron chi connectivity index (χ3n) is 7.36. The number of halogens is 1. The van der Waals surface area contributed by atoms with Crippen LogP contribution in [0.1, 0.15) is 68.6 Å². The Morgan fingerprint density at radius 1 is 1.15 bits per heavy atom. The Morgan fingerprint density at radius 3 is 2.64 bits per heavy atom. The van der Waals surface area contributed by atoms with E-state index in [-0.39, 0.29) is 35.9 Å². The molecule has 0 saturated heterocycles. The number of unbranched alkanes of at least 4 members (excludes halogenated alkanes) is 1. The monoisotopic (exact) mass is 535 g/mol. The standard InChI is InChI=1S/C32H42FN3O3/c1-5-11-28(36(4)30(37)14-7-8-21-39-29-16-15-24(3)22-27(29)33)31(38)34-19-10-20-35-32(17-18-32)26-13-9-12-25(6-2)23-26/h1,9,12-13,15-16,22-23,28,35H,6-8,10-11,14,17-21H2,2-4H3,(H,34,38). The van der Waals surface area contributed by atoms with Crippen LogP contribution in [0.2, 0.25) is 0 Å². The number of hydrogen-bond acceptors (Lipinski definition) is 4. The van der Waals surface area contributed by atoms with Gasteiger partial charge in [-0.15, -0.1) is 12.3 Å². The Kier molecular flexibility index (Phi) is 11.4. The summed E-state index contributed by atoms with van der Waals surface area (Å²) in [5.74, 6) is 1.95. The summed E-state index contributed by atoms with van der Waals surface area (Å²) >= 11 is 0. The lowest BCUT2D eigenvalue weighted by atomic mass is 10.0. The van der Waals surface area contributed by atoms with Crippen LogP contribution in [0.25, 0.3) is 0 Å². The van der Waals surface area contributed by atoms with E-state index in [0.29, 0.717) is 26.0 Å². The molecule has 1 aliphatic carbocycles. The summed E-state index contributed by atoms with van der Waals surface area (Å²) in [5.41, 5.74) is 3.58. The van der Waals surface area contributed by atoms with E-state index in [0.717, 1.165) is 37.8 Å². The van der Waals surface area contributed by atoms with Gasteiger partial charge in [0.25, 0.3) is 0 Å². The van der Waals surface area contributed by atoms with Gasteiger partial charge >= 0.3 is 0 Å². The Hall–Kier alpha value is -3.37. The van der Waals surface area contributed by atoms with Crippen molar-refractivity contribution in [2.45, 2.75) is 76.8 Å². The van der Waals surface area contributed by atoms with Crippen LogP contribution >= 0.6 is 0 Å². The Labute approximate surface area is 232 Å². The number of amides is 2. The van der Waals surface area contributed by atoms with Crippen LogP contribution in [0.5, 0.6) is 5.75 Å². The minimum Gasteiger partial charge on any atom is -0.491 e. The lowest BCUT2D eigenvalue weighted by Crippen LogP contribution is -2.48. The van der Waals surface area contributed by atoms with Gasteiger partial charge in [-0.3, -0.25) is 9.59 Å². The maximum absolute atomic E-state index is 13.9. The quantitative estimate of drug-likeness (QED) is 0.237. The fourth-order valence-electron chi connectivity index (χ4n) is 4.68. The highest BCUT2D eigenvalue weighted by atomic mass is 19.1. The Balaban J connectivity index is 1.36. The average Bonchev–Trinajstić information content (AvgIpc) is 3.73. The van der Waals surface area contributed by atoms with Gasteiger partial charge in [0.05, 0.1) is 6.61 Å². The van der Waals surface area contributed by atoms with E-state index in [1.807, 2.05) is 6.92 Å². The highest BCUT2D eigenvalue weighted by molar-refractivity contribution is 5.87. The van der Waals surface area contributed by atoms with E-state index in [4.69, 9.17) is 11.2 Å². The molecule has 210 valence electrons. The van der Waals surface area contributed by atoms with Crippen LogP contribution in [0.15, 0.2) is 42.5 Å². The van der Waals surface area contributed by atoms with E-state index in [2.05, 4.69) is 47.7 Å². The number of benzene rings is 2. The molecule has 1 saturated carbocycles. The van der Waals surface area contributed by atoms with E-state index in [1.54, 1.807) is 19.2 Å². The van der Waals surface area contributed by atoms with Gasteiger partial charge in [-0.05, 0) is 80.8 Å². The molecule has 0 radical (unpaired) electrons. The molecule has 1 atom stereocenters. The Bertz CT molecular complexity index is 1160. The van der Waals surface area contributed by atoms with Crippen molar-refractivity contribution >= 4 is 11.8 Å². The number of hydrogen-bond donors (Lipinski definition) is 2. The van der Waals surface area contributed by atoms with Gasteiger partial charge < -0.3 is 20.3 Å². The first-order valence-electron chi connectivity index (χ1n) is 14.0. The minimum atomic E-state index is -0.708. The van der Waals surface area contributed by atoms with Crippen LogP contribution in [-0.4, -0.2) is 49.5 Å². The maximum atomic E-state index is 13.9. The zero-order chi connectivity index (χ0) is 28.3. The third kappa shape index (κ3) is 8.83. The van der Waals surface area contributed by atoms with Crippen molar-refractivity contribution in [1.82, 2.24) is 15.5 Å². The molecular formula is C32H42FN3O3. The van der Waals surface area contributed by atoms with Gasteiger partial charge in [0, 0.05) is 32.0 Å². The summed E-state index contributed by atoms with van der Waals surface area (Å²) < 4.78 is 19.4. The number of nitrogens with one attached hydrogen (secondary N) is 2. The van der Waals surface area contributed by atoms with Crippen molar-refractivity contribution in [1.29, 1.82) is 0 Å². The molecule has 1 aliphatic rings. The molecule has 0 bridgehead atoms. The Morgan fingerprint density at radius 2 is 1.95 bits per heavy atom. The first-order valence-corrected chi connectivity index (χ1v) is 14.0. The van der Waals surface area contributed by atoms with Crippen molar-refractivity contribution in [3.05, 3.63) is 65.0 Å². The summed E-state index contributed by atoms with van der Waals surface area (Å²) in [5, 5.41) is 6.62. The van der Waals surface area contributed by atoms with Gasteiger partial charge in [-0.1, -0.05) is 37.3 Å². The number of rotatable bonds is 16. The molecule has 0 aromatic heterocycles. The van der Waals surface area contributed by atoms with Crippen molar-refractivity contribution in [2.24, 2.45) is 0 Å². The fraction of sp³-hybridized carbons (Fsp3) is 0.500. The van der Waals surface area contributed by atoms with Crippen molar-refractivity contribution in [2.75, 3.05) is 26.7 Å². The lowest BCUT2D eigenvalue weighted by Gasteiger charge is -2.26. The number of ether oxygens (including phenoxy) is 1. The van der Waals surface area contributed by atoms with Gasteiger partial charge in [-0.25, -0.2) is 4.39 Å². The molecule has 1 unspecified atom stereocenters. The summed E-state index contributed by atoms with van der Waals surface area (Å²) in [4.78, 5) is 27.0. The second kappa shape index (κ2) is 14.7. The zero-order valence-electron chi connectivity index (χ0n) is 23.5. The number of terminal acetylenes is 1. The molecule has 0 spiro atoms. The van der Waals surface area contributed by atoms with E-state index >= 15 is 0 Å². The number of carbonyl (C=O) groups excluding carboxylic acids is 2. The number of aryl methyl sites for hydroxylation is 2. The predicted octanol–water partition coefficient (Wildman–Crippen LogP) is 4.88. The molecule has 2 amide bonds. The largest absolute Gasteiger partial charge is 0.491 e. The smallest absolute Gasteiger partial charge is 0.243 e. The van der Waals surface area contributed by atoms with Crippen LogP contribution < -0.4 is 15.4 Å². The number of nitrogens with zero attached hydrogens (tertiary/aromatic N) is 1. The van der Waals surface area contributed by atoms with Crippen molar-refractivity contribution in [3.8, 4) is 18.1 Å². The van der Waals surface area contributed by atoms with Gasteiger partial charge in [-0.2, -0.15) is 0 Å². The summed E-state index contributed by atoms with van der Waals surface area (Å²) in [7, 11) is 1.62. The molecule has 2 N–H and O–H groups in total. The maximum Gasteiger partial charge on any atom is 0.243 e. The molecule has 39 heavy (non-hydrogen) atoms. The van der Waals surface area contributed by atoms with Crippen LogP contribution in [0.4, 0.5) is 4.39 Å². The lowest BCUT2D eigenvalue weighted by molar-refractivity contribution is -0.138. The first-order chi connectivity index (χ1) is 18.8. The molecule has 3 rings (SSSR count). The minimum absolute atomic E-state index is 0.0627. The van der Waals surface area contributed by atoms with Crippen molar-refractivity contribution < 1.29 is 18.7 Å². The fourth-order valence-corrected chi connectivity index (χ4v) is 4.68.